The molecular formula is C15H14N2S. The lowest BCUT2D eigenvalue weighted by molar-refractivity contribution is 0.872. The van der Waals surface area contributed by atoms with Crippen LogP contribution >= 0.6 is 12.6 Å². The highest BCUT2D eigenvalue weighted by Crippen LogP contribution is 2.24. The number of nitrogens with zero attached hydrogens (tertiary/aromatic N) is 1. The minimum Gasteiger partial charge on any atom is -0.341 e. The monoisotopic (exact) mass is 254 g/mol. The molecule has 0 radical (unpaired) electrons. The molecule has 0 fully saturated rings. The summed E-state index contributed by atoms with van der Waals surface area (Å²) in [5, 5.41) is 0.0970. The molecule has 0 amide bonds. The van der Waals surface area contributed by atoms with Gasteiger partial charge in [0, 0.05) is 0 Å². The minimum absolute atomic E-state index is 0.0970. The molecule has 3 rings (SSSR count). The van der Waals surface area contributed by atoms with Crippen molar-refractivity contribution in [3.05, 3.63) is 66.0 Å². The Labute approximate surface area is 111 Å². The van der Waals surface area contributed by atoms with E-state index in [1.807, 2.05) is 30.3 Å². The van der Waals surface area contributed by atoms with Gasteiger partial charge in [0.2, 0.25) is 0 Å². The molecule has 0 spiro atoms. The van der Waals surface area contributed by atoms with Crippen molar-refractivity contribution in [2.75, 3.05) is 0 Å². The molecule has 90 valence electrons. The molecule has 1 N–H and O–H groups in total. The van der Waals surface area contributed by atoms with E-state index in [2.05, 4.69) is 46.9 Å². The van der Waals surface area contributed by atoms with Gasteiger partial charge in [-0.2, -0.15) is 12.6 Å². The van der Waals surface area contributed by atoms with Crippen molar-refractivity contribution in [3.63, 3.8) is 0 Å². The fraction of sp³-hybridized carbons (Fsp3) is 0.133. The molecule has 3 heteroatoms. The first-order valence-electron chi connectivity index (χ1n) is 5.99. The topological polar surface area (TPSA) is 28.7 Å². The van der Waals surface area contributed by atoms with Crippen LogP contribution in [-0.4, -0.2) is 9.97 Å². The minimum atomic E-state index is 0.0970. The van der Waals surface area contributed by atoms with Crippen LogP contribution in [0.15, 0.2) is 54.6 Å². The number of H-pyrrole nitrogens is 1. The number of thiol groups is 1. The Morgan fingerprint density at radius 1 is 1.00 bits per heavy atom. The molecule has 18 heavy (non-hydrogen) atoms. The average molecular weight is 254 g/mol. The summed E-state index contributed by atoms with van der Waals surface area (Å²) in [6, 6.07) is 18.4. The quantitative estimate of drug-likeness (QED) is 0.684. The van der Waals surface area contributed by atoms with Crippen LogP contribution < -0.4 is 0 Å². The number of rotatable bonds is 3. The zero-order chi connectivity index (χ0) is 12.4. The van der Waals surface area contributed by atoms with Crippen LogP contribution in [0.2, 0.25) is 0 Å². The highest BCUT2D eigenvalue weighted by molar-refractivity contribution is 7.80. The van der Waals surface area contributed by atoms with Gasteiger partial charge in [-0.15, -0.1) is 0 Å². The number of hydrogen-bond acceptors (Lipinski definition) is 2. The van der Waals surface area contributed by atoms with Crippen molar-refractivity contribution in [1.29, 1.82) is 0 Å². The van der Waals surface area contributed by atoms with E-state index in [0.717, 1.165) is 23.3 Å². The smallest absolute Gasteiger partial charge is 0.120 e. The van der Waals surface area contributed by atoms with E-state index in [1.54, 1.807) is 0 Å². The normalized spacial score (nSPS) is 12.7. The molecular weight excluding hydrogens is 240 g/mol. The molecule has 0 aliphatic heterocycles. The Bertz CT molecular complexity index is 613. The van der Waals surface area contributed by atoms with Crippen molar-refractivity contribution in [1.82, 2.24) is 9.97 Å². The van der Waals surface area contributed by atoms with Gasteiger partial charge in [-0.05, 0) is 24.1 Å². The van der Waals surface area contributed by atoms with Crippen LogP contribution in [-0.2, 0) is 6.42 Å². The molecule has 3 aromatic rings. The van der Waals surface area contributed by atoms with Crippen LogP contribution in [0, 0.1) is 0 Å². The second-order valence-electron chi connectivity index (χ2n) is 4.34. The first-order valence-corrected chi connectivity index (χ1v) is 6.51. The number of fused-ring (bicyclic) bond motifs is 1. The van der Waals surface area contributed by atoms with Crippen LogP contribution in [0.5, 0.6) is 0 Å². The Hall–Kier alpha value is -1.74. The summed E-state index contributed by atoms with van der Waals surface area (Å²) in [6.07, 6.45) is 0.879. The van der Waals surface area contributed by atoms with Gasteiger partial charge >= 0.3 is 0 Å². The van der Waals surface area contributed by atoms with Crippen molar-refractivity contribution in [3.8, 4) is 0 Å². The zero-order valence-electron chi connectivity index (χ0n) is 9.88. The molecule has 1 atom stereocenters. The van der Waals surface area contributed by atoms with Crippen LogP contribution in [0.1, 0.15) is 16.6 Å². The van der Waals surface area contributed by atoms with Crippen molar-refractivity contribution >= 4 is 23.7 Å². The van der Waals surface area contributed by atoms with Gasteiger partial charge in [-0.3, -0.25) is 0 Å². The van der Waals surface area contributed by atoms with E-state index in [4.69, 9.17) is 0 Å². The highest BCUT2D eigenvalue weighted by atomic mass is 32.1. The molecule has 2 nitrogen and oxygen atoms in total. The SMILES string of the molecule is SC(Cc1ccccc1)c1nc2ccccc2[nH]1. The van der Waals surface area contributed by atoms with E-state index in [-0.39, 0.29) is 5.25 Å². The number of aromatic amines is 1. The van der Waals surface area contributed by atoms with Gasteiger partial charge < -0.3 is 4.98 Å². The van der Waals surface area contributed by atoms with E-state index < -0.39 is 0 Å². The highest BCUT2D eigenvalue weighted by Gasteiger charge is 2.11. The number of imidazole rings is 1. The van der Waals surface area contributed by atoms with Gasteiger partial charge in [0.15, 0.2) is 0 Å². The van der Waals surface area contributed by atoms with E-state index >= 15 is 0 Å². The van der Waals surface area contributed by atoms with Gasteiger partial charge in [0.1, 0.15) is 5.82 Å². The Morgan fingerprint density at radius 3 is 2.50 bits per heavy atom. The fourth-order valence-corrected chi connectivity index (χ4v) is 2.40. The number of benzene rings is 2. The van der Waals surface area contributed by atoms with Gasteiger partial charge in [0.25, 0.3) is 0 Å². The fourth-order valence-electron chi connectivity index (χ4n) is 2.06. The molecule has 1 aromatic heterocycles. The summed E-state index contributed by atoms with van der Waals surface area (Å²) in [5.74, 6) is 0.934. The summed E-state index contributed by atoms with van der Waals surface area (Å²) < 4.78 is 0. The lowest BCUT2D eigenvalue weighted by Crippen LogP contribution is -1.97. The second-order valence-corrected chi connectivity index (χ2v) is 4.97. The number of aromatic nitrogens is 2. The third-order valence-corrected chi connectivity index (χ3v) is 3.42. The largest absolute Gasteiger partial charge is 0.341 e. The Balaban J connectivity index is 1.86. The maximum atomic E-state index is 4.65. The maximum absolute atomic E-state index is 4.65. The first kappa shape index (κ1) is 11.4. The van der Waals surface area contributed by atoms with E-state index in [9.17, 15) is 0 Å². The molecule has 0 aliphatic carbocycles. The molecule has 0 aliphatic rings. The van der Waals surface area contributed by atoms with Crippen molar-refractivity contribution < 1.29 is 0 Å². The lowest BCUT2D eigenvalue weighted by atomic mass is 10.1. The third-order valence-electron chi connectivity index (χ3n) is 3.00. The van der Waals surface area contributed by atoms with Crippen LogP contribution in [0.3, 0.4) is 0 Å². The molecule has 0 bridgehead atoms. The van der Waals surface area contributed by atoms with Gasteiger partial charge in [-0.25, -0.2) is 4.98 Å². The standard InChI is InChI=1S/C15H14N2S/c18-14(10-11-6-2-1-3-7-11)15-16-12-8-4-5-9-13(12)17-15/h1-9,14,18H,10H2,(H,16,17). The first-order chi connectivity index (χ1) is 8.83. The van der Waals surface area contributed by atoms with Gasteiger partial charge in [0.05, 0.1) is 16.3 Å². The van der Waals surface area contributed by atoms with E-state index in [0.29, 0.717) is 0 Å². The molecule has 2 aromatic carbocycles. The van der Waals surface area contributed by atoms with Crippen molar-refractivity contribution in [2.24, 2.45) is 0 Å². The maximum Gasteiger partial charge on any atom is 0.120 e. The second kappa shape index (κ2) is 4.86. The van der Waals surface area contributed by atoms with Crippen LogP contribution in [0.25, 0.3) is 11.0 Å². The average Bonchev–Trinajstić information content (AvgIpc) is 2.84. The zero-order valence-corrected chi connectivity index (χ0v) is 10.8. The van der Waals surface area contributed by atoms with Crippen molar-refractivity contribution in [2.45, 2.75) is 11.7 Å². The van der Waals surface area contributed by atoms with E-state index in [1.165, 1.54) is 5.56 Å². The third kappa shape index (κ3) is 2.27. The summed E-state index contributed by atoms with van der Waals surface area (Å²) >= 11 is 4.65. The molecule has 1 heterocycles. The summed E-state index contributed by atoms with van der Waals surface area (Å²) in [4.78, 5) is 7.90. The summed E-state index contributed by atoms with van der Waals surface area (Å²) in [6.45, 7) is 0. The Morgan fingerprint density at radius 2 is 1.72 bits per heavy atom. The number of para-hydroxylation sites is 2. The summed E-state index contributed by atoms with van der Waals surface area (Å²) in [7, 11) is 0. The predicted octanol–water partition coefficient (Wildman–Crippen LogP) is 3.78. The molecule has 0 saturated carbocycles. The summed E-state index contributed by atoms with van der Waals surface area (Å²) in [5.41, 5.74) is 3.34. The van der Waals surface area contributed by atoms with Crippen LogP contribution in [0.4, 0.5) is 0 Å². The molecule has 1 unspecified atom stereocenters. The Kier molecular flexibility index (Phi) is 3.07. The number of hydrogen-bond donors (Lipinski definition) is 2. The number of nitrogens with one attached hydrogen (secondary N) is 1. The lowest BCUT2D eigenvalue weighted by Gasteiger charge is -2.07. The predicted molar refractivity (Wildman–Crippen MR) is 78.0 cm³/mol. The molecule has 0 saturated heterocycles. The van der Waals surface area contributed by atoms with Gasteiger partial charge in [-0.1, -0.05) is 42.5 Å².